The van der Waals surface area contributed by atoms with Crippen molar-refractivity contribution in [1.29, 1.82) is 0 Å². The molecular weight excluding hydrogens is 675 g/mol. The van der Waals surface area contributed by atoms with Crippen molar-refractivity contribution < 1.29 is 18.4 Å². The SMILES string of the molecule is CCN(CC)CCNC(=O)c1cc(F)c2cc(C)ccc2n1.CCN(CC)CCNC(=O)c1cc(F)c2cc([125I])ccc2n1. The van der Waals surface area contributed by atoms with E-state index in [2.05, 4.69) is 80.7 Å². The van der Waals surface area contributed by atoms with Crippen LogP contribution >= 0.6 is 22.6 Å². The molecule has 0 aliphatic rings. The summed E-state index contributed by atoms with van der Waals surface area (Å²) in [6, 6.07) is 13.0. The second kappa shape index (κ2) is 17.3. The molecule has 2 N–H and O–H groups in total. The van der Waals surface area contributed by atoms with E-state index in [-0.39, 0.29) is 23.2 Å². The summed E-state index contributed by atoms with van der Waals surface area (Å²) in [4.78, 5) is 37.1. The van der Waals surface area contributed by atoms with E-state index in [0.717, 1.165) is 48.4 Å². The first-order valence-electron chi connectivity index (χ1n) is 14.9. The van der Waals surface area contributed by atoms with Crippen LogP contribution in [0.4, 0.5) is 8.78 Å². The molecule has 0 bridgehead atoms. The molecule has 0 saturated carbocycles. The zero-order valence-electron chi connectivity index (χ0n) is 26.0. The number of aryl methyl sites for hydroxylation is 1. The average molecular weight is 717 g/mol. The fourth-order valence-electron chi connectivity index (χ4n) is 4.60. The third-order valence-electron chi connectivity index (χ3n) is 7.32. The van der Waals surface area contributed by atoms with Crippen molar-refractivity contribution in [3.63, 3.8) is 0 Å². The summed E-state index contributed by atoms with van der Waals surface area (Å²) in [6.45, 7) is 16.5. The quantitative estimate of drug-likeness (QED) is 0.180. The summed E-state index contributed by atoms with van der Waals surface area (Å²) in [5, 5.41) is 6.46. The van der Waals surface area contributed by atoms with E-state index in [4.69, 9.17) is 0 Å². The Balaban J connectivity index is 0.000000240. The van der Waals surface area contributed by atoms with Crippen LogP contribution in [-0.4, -0.2) is 83.9 Å². The fourth-order valence-corrected chi connectivity index (χ4v) is 5.10. The number of carbonyl (C=O) groups is 2. The first-order valence-corrected chi connectivity index (χ1v) is 16.0. The Kier molecular flexibility index (Phi) is 13.8. The number of amides is 2. The molecule has 4 aromatic rings. The maximum absolute atomic E-state index is 14.1. The number of aromatic nitrogens is 2. The summed E-state index contributed by atoms with van der Waals surface area (Å²) < 4.78 is 29.2. The van der Waals surface area contributed by atoms with Gasteiger partial charge in [0.15, 0.2) is 0 Å². The number of carbonyl (C=O) groups excluding carboxylic acids is 2. The predicted molar refractivity (Wildman–Crippen MR) is 181 cm³/mol. The number of halogens is 3. The van der Waals surface area contributed by atoms with E-state index >= 15 is 0 Å². The number of rotatable bonds is 12. The second-order valence-corrected chi connectivity index (χ2v) is 11.5. The lowest BCUT2D eigenvalue weighted by Crippen LogP contribution is -2.35. The van der Waals surface area contributed by atoms with Gasteiger partial charge in [0.1, 0.15) is 23.0 Å². The second-order valence-electron chi connectivity index (χ2n) is 10.2. The van der Waals surface area contributed by atoms with Crippen LogP contribution in [0.25, 0.3) is 21.8 Å². The van der Waals surface area contributed by atoms with Crippen molar-refractivity contribution >= 4 is 56.2 Å². The number of likely N-dealkylation sites (N-methyl/N-ethyl adjacent to an activating group) is 2. The predicted octanol–water partition coefficient (Wildman–Crippen LogP) is 5.80. The molecular formula is C33H41F2IN6O2. The standard InChI is InChI=1S/C17H22FN3O.C16H19FIN3O/c1-4-21(5-2)9-8-19-17(22)16-11-14(18)13-10-12(3)6-7-15(13)20-16;1-3-21(4-2)8-7-19-16(22)15-10-13(17)12-9-11(18)5-6-14(12)20-15/h6-7,10-11H,4-5,8-9H2,1-3H3,(H,19,22);5-6,9-10H,3-4,7-8H2,1-2H3,(H,19,22)/i;18-2. The van der Waals surface area contributed by atoms with Gasteiger partial charge in [0.05, 0.1) is 11.0 Å². The molecule has 0 atom stereocenters. The number of nitrogens with zero attached hydrogens (tertiary/aromatic N) is 4. The molecule has 2 heterocycles. The van der Waals surface area contributed by atoms with Crippen LogP contribution in [-0.2, 0) is 0 Å². The fraction of sp³-hybridized carbons (Fsp3) is 0.394. The van der Waals surface area contributed by atoms with Gasteiger partial charge in [-0.25, -0.2) is 18.7 Å². The molecule has 0 aliphatic heterocycles. The highest BCUT2D eigenvalue weighted by molar-refractivity contribution is 14.1. The molecule has 0 radical (unpaired) electrons. The average Bonchev–Trinajstić information content (AvgIpc) is 3.02. The molecule has 0 unspecified atom stereocenters. The Morgan fingerprint density at radius 1 is 0.705 bits per heavy atom. The number of pyridine rings is 2. The first kappa shape index (κ1) is 35.2. The Labute approximate surface area is 271 Å². The molecule has 11 heteroatoms. The normalized spacial score (nSPS) is 11.1. The minimum Gasteiger partial charge on any atom is -0.349 e. The highest BCUT2D eigenvalue weighted by Gasteiger charge is 2.14. The summed E-state index contributed by atoms with van der Waals surface area (Å²) in [7, 11) is 0. The van der Waals surface area contributed by atoms with Crippen molar-refractivity contribution in [3.8, 4) is 0 Å². The summed E-state index contributed by atoms with van der Waals surface area (Å²) in [6.07, 6.45) is 0. The maximum Gasteiger partial charge on any atom is 0.270 e. The van der Waals surface area contributed by atoms with Gasteiger partial charge < -0.3 is 20.4 Å². The maximum atomic E-state index is 14.1. The van der Waals surface area contributed by atoms with Gasteiger partial charge >= 0.3 is 0 Å². The number of hydrogen-bond acceptors (Lipinski definition) is 6. The van der Waals surface area contributed by atoms with Gasteiger partial charge in [-0.2, -0.15) is 0 Å². The van der Waals surface area contributed by atoms with Crippen molar-refractivity contribution in [2.45, 2.75) is 34.6 Å². The van der Waals surface area contributed by atoms with Gasteiger partial charge in [-0.3, -0.25) is 9.59 Å². The van der Waals surface area contributed by atoms with E-state index < -0.39 is 11.6 Å². The first-order chi connectivity index (χ1) is 21.1. The van der Waals surface area contributed by atoms with Crippen LogP contribution in [0, 0.1) is 22.1 Å². The summed E-state index contributed by atoms with van der Waals surface area (Å²) in [5.41, 5.74) is 2.19. The number of benzene rings is 2. The van der Waals surface area contributed by atoms with Gasteiger partial charge in [-0.05, 0) is 86.0 Å². The van der Waals surface area contributed by atoms with Crippen LogP contribution in [0.15, 0.2) is 48.5 Å². The molecule has 2 aromatic heterocycles. The largest absolute Gasteiger partial charge is 0.349 e. The molecule has 0 aliphatic carbocycles. The number of fused-ring (bicyclic) bond motifs is 2. The van der Waals surface area contributed by atoms with Gasteiger partial charge in [-0.15, -0.1) is 0 Å². The van der Waals surface area contributed by atoms with Gasteiger partial charge in [0.2, 0.25) is 0 Å². The Bertz CT molecular complexity index is 1460. The van der Waals surface area contributed by atoms with E-state index in [0.29, 0.717) is 34.9 Å². The van der Waals surface area contributed by atoms with Gasteiger partial charge in [-0.1, -0.05) is 39.3 Å². The van der Waals surface area contributed by atoms with Crippen molar-refractivity contribution in [1.82, 2.24) is 30.4 Å². The van der Waals surface area contributed by atoms with E-state index in [1.165, 1.54) is 12.1 Å². The Morgan fingerprint density at radius 3 is 1.59 bits per heavy atom. The highest BCUT2D eigenvalue weighted by atomic mass is 125. The van der Waals surface area contributed by atoms with E-state index in [9.17, 15) is 18.4 Å². The monoisotopic (exact) mass is 716 g/mol. The third kappa shape index (κ3) is 9.86. The molecule has 4 rings (SSSR count). The molecule has 44 heavy (non-hydrogen) atoms. The minimum absolute atomic E-state index is 0.116. The van der Waals surface area contributed by atoms with Crippen LogP contribution in [0.3, 0.4) is 0 Å². The lowest BCUT2D eigenvalue weighted by Gasteiger charge is -2.17. The molecule has 0 spiro atoms. The summed E-state index contributed by atoms with van der Waals surface area (Å²) in [5.74, 6) is -1.51. The van der Waals surface area contributed by atoms with Crippen molar-refractivity contribution in [2.75, 3.05) is 52.4 Å². The lowest BCUT2D eigenvalue weighted by molar-refractivity contribution is 0.0936. The zero-order valence-corrected chi connectivity index (χ0v) is 28.2. The molecule has 236 valence electrons. The van der Waals surface area contributed by atoms with Crippen LogP contribution in [0.2, 0.25) is 0 Å². The number of nitrogens with one attached hydrogen (secondary N) is 2. The Morgan fingerprint density at radius 2 is 1.14 bits per heavy atom. The zero-order chi connectivity index (χ0) is 32.2. The smallest absolute Gasteiger partial charge is 0.270 e. The molecule has 0 saturated heterocycles. The van der Waals surface area contributed by atoms with Crippen LogP contribution in [0.5, 0.6) is 0 Å². The van der Waals surface area contributed by atoms with Gasteiger partial charge in [0.25, 0.3) is 11.8 Å². The molecule has 0 fully saturated rings. The van der Waals surface area contributed by atoms with Crippen molar-refractivity contribution in [3.05, 3.63) is 80.7 Å². The van der Waals surface area contributed by atoms with Gasteiger partial charge in [0, 0.05) is 52.7 Å². The van der Waals surface area contributed by atoms with Crippen LogP contribution < -0.4 is 10.6 Å². The minimum atomic E-state index is -0.419. The van der Waals surface area contributed by atoms with Crippen LogP contribution in [0.1, 0.15) is 54.2 Å². The summed E-state index contributed by atoms with van der Waals surface area (Å²) >= 11 is 2.12. The Hall–Kier alpha value is -3.29. The lowest BCUT2D eigenvalue weighted by atomic mass is 10.1. The molecule has 2 aromatic carbocycles. The van der Waals surface area contributed by atoms with Crippen molar-refractivity contribution in [2.24, 2.45) is 0 Å². The van der Waals surface area contributed by atoms with E-state index in [1.807, 2.05) is 19.1 Å². The number of hydrogen-bond donors (Lipinski definition) is 2. The third-order valence-corrected chi connectivity index (χ3v) is 7.99. The van der Waals surface area contributed by atoms with E-state index in [1.54, 1.807) is 24.3 Å². The topological polar surface area (TPSA) is 90.5 Å². The highest BCUT2D eigenvalue weighted by Crippen LogP contribution is 2.20. The molecule has 8 nitrogen and oxygen atoms in total. The molecule has 2 amide bonds.